The van der Waals surface area contributed by atoms with E-state index in [4.69, 9.17) is 0 Å². The molecular formula is C22H26N2O4. The van der Waals surface area contributed by atoms with Gasteiger partial charge in [-0.05, 0) is 31.4 Å². The molecule has 0 aromatic heterocycles. The van der Waals surface area contributed by atoms with Crippen molar-refractivity contribution in [3.8, 4) is 0 Å². The Hall–Kier alpha value is -3.15. The first-order chi connectivity index (χ1) is 13.3. The summed E-state index contributed by atoms with van der Waals surface area (Å²) in [6.07, 6.45) is 0.881. The van der Waals surface area contributed by atoms with Gasteiger partial charge in [0.15, 0.2) is 0 Å². The molecule has 2 rings (SSSR count). The van der Waals surface area contributed by atoms with Gasteiger partial charge < -0.3 is 15.7 Å². The summed E-state index contributed by atoms with van der Waals surface area (Å²) in [6.45, 7) is 3.31. The van der Waals surface area contributed by atoms with Crippen LogP contribution in [0.15, 0.2) is 54.6 Å². The van der Waals surface area contributed by atoms with E-state index in [2.05, 4.69) is 10.6 Å². The van der Waals surface area contributed by atoms with Crippen LogP contribution in [0.1, 0.15) is 30.0 Å². The Labute approximate surface area is 165 Å². The van der Waals surface area contributed by atoms with Crippen LogP contribution < -0.4 is 10.6 Å². The lowest BCUT2D eigenvalue weighted by molar-refractivity contribution is -0.143. The van der Waals surface area contributed by atoms with E-state index in [-0.39, 0.29) is 25.4 Å². The lowest BCUT2D eigenvalue weighted by atomic mass is 9.82. The van der Waals surface area contributed by atoms with Crippen LogP contribution in [0.5, 0.6) is 0 Å². The van der Waals surface area contributed by atoms with Gasteiger partial charge in [0, 0.05) is 13.0 Å². The fourth-order valence-electron chi connectivity index (χ4n) is 2.72. The Morgan fingerprint density at radius 2 is 1.57 bits per heavy atom. The third kappa shape index (κ3) is 5.94. The minimum absolute atomic E-state index is 0.0651. The van der Waals surface area contributed by atoms with E-state index in [1.807, 2.05) is 31.2 Å². The summed E-state index contributed by atoms with van der Waals surface area (Å²) in [4.78, 5) is 35.7. The number of carboxylic acids is 1. The molecule has 6 nitrogen and oxygen atoms in total. The summed E-state index contributed by atoms with van der Waals surface area (Å²) in [5, 5.41) is 14.8. The van der Waals surface area contributed by atoms with E-state index in [0.717, 1.165) is 11.1 Å². The van der Waals surface area contributed by atoms with Gasteiger partial charge in [-0.1, -0.05) is 60.2 Å². The molecule has 0 bridgehead atoms. The SMILES string of the molecule is Cc1ccc(CCC(=O)NCC(=O)NCC(C)(C(=O)O)c2ccccc2)cc1. The first-order valence-corrected chi connectivity index (χ1v) is 9.19. The highest BCUT2D eigenvalue weighted by Crippen LogP contribution is 2.23. The zero-order chi connectivity index (χ0) is 20.6. The van der Waals surface area contributed by atoms with Gasteiger partial charge in [0.05, 0.1) is 6.54 Å². The van der Waals surface area contributed by atoms with Gasteiger partial charge in [-0.25, -0.2) is 0 Å². The van der Waals surface area contributed by atoms with Gasteiger partial charge in [-0.2, -0.15) is 0 Å². The Balaban J connectivity index is 1.79. The molecule has 1 unspecified atom stereocenters. The second kappa shape index (κ2) is 9.69. The highest BCUT2D eigenvalue weighted by molar-refractivity contribution is 5.86. The van der Waals surface area contributed by atoms with Crippen LogP contribution in [0.3, 0.4) is 0 Å². The molecule has 2 aromatic carbocycles. The van der Waals surface area contributed by atoms with Crippen molar-refractivity contribution in [3.63, 3.8) is 0 Å². The van der Waals surface area contributed by atoms with Crippen molar-refractivity contribution in [3.05, 3.63) is 71.3 Å². The quantitative estimate of drug-likeness (QED) is 0.620. The molecule has 0 fully saturated rings. The smallest absolute Gasteiger partial charge is 0.315 e. The second-order valence-corrected chi connectivity index (χ2v) is 7.04. The Kier molecular flexibility index (Phi) is 7.32. The second-order valence-electron chi connectivity index (χ2n) is 7.04. The summed E-state index contributed by atoms with van der Waals surface area (Å²) in [6, 6.07) is 16.7. The molecule has 0 aliphatic carbocycles. The number of nitrogens with one attached hydrogen (secondary N) is 2. The Bertz CT molecular complexity index is 818. The van der Waals surface area contributed by atoms with Crippen molar-refractivity contribution in [2.45, 2.75) is 32.1 Å². The van der Waals surface area contributed by atoms with Gasteiger partial charge in [0.2, 0.25) is 11.8 Å². The average molecular weight is 382 g/mol. The molecule has 0 heterocycles. The van der Waals surface area contributed by atoms with Crippen LogP contribution in [-0.4, -0.2) is 36.0 Å². The molecule has 0 saturated carbocycles. The number of amides is 2. The molecule has 0 aliphatic heterocycles. The lowest BCUT2D eigenvalue weighted by Gasteiger charge is -2.25. The number of carbonyl (C=O) groups excluding carboxylic acids is 2. The number of benzene rings is 2. The zero-order valence-corrected chi connectivity index (χ0v) is 16.2. The maximum absolute atomic E-state index is 12.0. The molecule has 3 N–H and O–H groups in total. The zero-order valence-electron chi connectivity index (χ0n) is 16.2. The van der Waals surface area contributed by atoms with Crippen LogP contribution in [0.25, 0.3) is 0 Å². The van der Waals surface area contributed by atoms with Gasteiger partial charge in [-0.3, -0.25) is 14.4 Å². The van der Waals surface area contributed by atoms with Crippen LogP contribution >= 0.6 is 0 Å². The van der Waals surface area contributed by atoms with E-state index in [1.165, 1.54) is 0 Å². The van der Waals surface area contributed by atoms with Gasteiger partial charge in [0.1, 0.15) is 5.41 Å². The fourth-order valence-corrected chi connectivity index (χ4v) is 2.72. The highest BCUT2D eigenvalue weighted by Gasteiger charge is 2.35. The molecule has 0 saturated heterocycles. The number of carboxylic acid groups (broad SMARTS) is 1. The van der Waals surface area contributed by atoms with E-state index >= 15 is 0 Å². The van der Waals surface area contributed by atoms with E-state index in [9.17, 15) is 19.5 Å². The summed E-state index contributed by atoms with van der Waals surface area (Å²) >= 11 is 0. The monoisotopic (exact) mass is 382 g/mol. The molecule has 0 radical (unpaired) electrons. The van der Waals surface area contributed by atoms with Crippen molar-refractivity contribution >= 4 is 17.8 Å². The predicted octanol–water partition coefficient (Wildman–Crippen LogP) is 2.20. The molecule has 2 aromatic rings. The number of hydrogen-bond donors (Lipinski definition) is 3. The van der Waals surface area contributed by atoms with E-state index < -0.39 is 17.3 Å². The molecule has 0 spiro atoms. The normalized spacial score (nSPS) is 12.6. The van der Waals surface area contributed by atoms with Crippen LogP contribution in [0.2, 0.25) is 0 Å². The van der Waals surface area contributed by atoms with Gasteiger partial charge in [-0.15, -0.1) is 0 Å². The minimum Gasteiger partial charge on any atom is -0.481 e. The number of aryl methyl sites for hydroxylation is 2. The molecule has 28 heavy (non-hydrogen) atoms. The molecule has 6 heteroatoms. The van der Waals surface area contributed by atoms with Crippen molar-refractivity contribution in [2.24, 2.45) is 0 Å². The lowest BCUT2D eigenvalue weighted by Crippen LogP contribution is -2.47. The van der Waals surface area contributed by atoms with Crippen LogP contribution in [-0.2, 0) is 26.2 Å². The Morgan fingerprint density at radius 3 is 2.18 bits per heavy atom. The third-order valence-corrected chi connectivity index (χ3v) is 4.73. The molecular weight excluding hydrogens is 356 g/mol. The van der Waals surface area contributed by atoms with Crippen LogP contribution in [0, 0.1) is 6.92 Å². The molecule has 0 aliphatic rings. The van der Waals surface area contributed by atoms with Gasteiger partial charge >= 0.3 is 5.97 Å². The van der Waals surface area contributed by atoms with Crippen molar-refractivity contribution in [1.82, 2.24) is 10.6 Å². The maximum Gasteiger partial charge on any atom is 0.315 e. The topological polar surface area (TPSA) is 95.5 Å². The largest absolute Gasteiger partial charge is 0.481 e. The maximum atomic E-state index is 12.0. The predicted molar refractivity (Wildman–Crippen MR) is 107 cm³/mol. The van der Waals surface area contributed by atoms with Crippen molar-refractivity contribution in [2.75, 3.05) is 13.1 Å². The van der Waals surface area contributed by atoms with Crippen molar-refractivity contribution < 1.29 is 19.5 Å². The number of hydrogen-bond acceptors (Lipinski definition) is 3. The summed E-state index contributed by atoms with van der Waals surface area (Å²) in [5.41, 5.74) is 1.58. The van der Waals surface area contributed by atoms with E-state index in [0.29, 0.717) is 12.0 Å². The third-order valence-electron chi connectivity index (χ3n) is 4.73. The van der Waals surface area contributed by atoms with Crippen molar-refractivity contribution in [1.29, 1.82) is 0 Å². The molecule has 2 amide bonds. The number of carbonyl (C=O) groups is 3. The number of rotatable bonds is 9. The molecule has 148 valence electrons. The fraction of sp³-hybridized carbons (Fsp3) is 0.318. The van der Waals surface area contributed by atoms with E-state index in [1.54, 1.807) is 37.3 Å². The van der Waals surface area contributed by atoms with Gasteiger partial charge in [0.25, 0.3) is 0 Å². The van der Waals surface area contributed by atoms with Crippen LogP contribution in [0.4, 0.5) is 0 Å². The Morgan fingerprint density at radius 1 is 0.929 bits per heavy atom. The highest BCUT2D eigenvalue weighted by atomic mass is 16.4. The average Bonchev–Trinajstić information content (AvgIpc) is 2.70. The molecule has 1 atom stereocenters. The first-order valence-electron chi connectivity index (χ1n) is 9.19. The summed E-state index contributed by atoms with van der Waals surface area (Å²) in [5.74, 6) is -1.67. The summed E-state index contributed by atoms with van der Waals surface area (Å²) in [7, 11) is 0. The number of aliphatic carboxylic acids is 1. The first kappa shape index (κ1) is 21.2. The standard InChI is InChI=1S/C22H26N2O4/c1-16-8-10-17(11-9-16)12-13-19(25)23-14-20(26)24-15-22(2,21(27)28)18-6-4-3-5-7-18/h3-11H,12-15H2,1-2H3,(H,23,25)(H,24,26)(H,27,28). The summed E-state index contributed by atoms with van der Waals surface area (Å²) < 4.78 is 0. The minimum atomic E-state index is -1.24.